The Labute approximate surface area is 159 Å². The summed E-state index contributed by atoms with van der Waals surface area (Å²) in [4.78, 5) is 30.9. The smallest absolute Gasteiger partial charge is 0.416 e. The van der Waals surface area contributed by atoms with Crippen LogP contribution in [0.15, 0.2) is 17.0 Å². The monoisotopic (exact) mass is 395 g/mol. The number of cyclic esters (lactones) is 1. The van der Waals surface area contributed by atoms with Crippen molar-refractivity contribution in [2.45, 2.75) is 51.0 Å². The topological polar surface area (TPSA) is 80.8 Å². The first-order valence-corrected chi connectivity index (χ1v) is 12.5. The molecule has 0 spiro atoms. The van der Waals surface area contributed by atoms with Crippen molar-refractivity contribution in [3.05, 3.63) is 12.1 Å². The summed E-state index contributed by atoms with van der Waals surface area (Å²) >= 11 is 1.44. The molecule has 2 aliphatic heterocycles. The van der Waals surface area contributed by atoms with Crippen molar-refractivity contribution in [1.82, 2.24) is 4.98 Å². The van der Waals surface area contributed by atoms with Crippen molar-refractivity contribution in [2.24, 2.45) is 5.41 Å². The maximum atomic E-state index is 12.5. The number of hydrogen-bond acceptors (Lipinski definition) is 6. The second-order valence-corrected chi connectivity index (χ2v) is 11.2. The zero-order valence-electron chi connectivity index (χ0n) is 15.7. The predicted molar refractivity (Wildman–Crippen MR) is 104 cm³/mol. The van der Waals surface area contributed by atoms with Gasteiger partial charge in [-0.2, -0.15) is 0 Å². The number of carbonyl (C=O) groups is 2. The van der Waals surface area contributed by atoms with Crippen LogP contribution in [0.1, 0.15) is 20.8 Å². The lowest BCUT2D eigenvalue weighted by molar-refractivity contribution is -0.113. The van der Waals surface area contributed by atoms with E-state index in [9.17, 15) is 9.59 Å². The number of ether oxygens (including phenoxy) is 1. The number of fused-ring (bicyclic) bond motifs is 1. The Balaban J connectivity index is 1.81. The van der Waals surface area contributed by atoms with Crippen LogP contribution < -0.4 is 10.2 Å². The predicted octanol–water partition coefficient (Wildman–Crippen LogP) is 2.87. The molecule has 2 amide bonds. The second-order valence-electron chi connectivity index (χ2n) is 7.86. The number of aromatic nitrogens is 1. The lowest BCUT2D eigenvalue weighted by atomic mass is 9.86. The van der Waals surface area contributed by atoms with Gasteiger partial charge in [0.2, 0.25) is 5.91 Å². The fourth-order valence-corrected chi connectivity index (χ4v) is 5.00. The van der Waals surface area contributed by atoms with Crippen molar-refractivity contribution in [2.75, 3.05) is 22.5 Å². The molecule has 0 aromatic carbocycles. The van der Waals surface area contributed by atoms with E-state index < -0.39 is 15.1 Å². The third-order valence-corrected chi connectivity index (χ3v) is 6.07. The Kier molecular flexibility index (Phi) is 5.32. The zero-order valence-corrected chi connectivity index (χ0v) is 17.7. The molecule has 0 bridgehead atoms. The van der Waals surface area contributed by atoms with Gasteiger partial charge in [-0.05, 0) is 30.6 Å². The average molecular weight is 396 g/mol. The first kappa shape index (κ1) is 19.2. The molecule has 1 N–H and O–H groups in total. The molecule has 0 saturated carbocycles. The fourth-order valence-electron chi connectivity index (χ4n) is 3.08. The van der Waals surface area contributed by atoms with E-state index in [0.29, 0.717) is 23.9 Å². The summed E-state index contributed by atoms with van der Waals surface area (Å²) in [6.07, 6.45) is -0.948. The second kappa shape index (κ2) is 7.20. The van der Waals surface area contributed by atoms with Crippen LogP contribution in [0.5, 0.6) is 0 Å². The van der Waals surface area contributed by atoms with Gasteiger partial charge in [-0.25, -0.2) is 9.78 Å². The van der Waals surface area contributed by atoms with E-state index in [1.54, 1.807) is 6.07 Å². The highest BCUT2D eigenvalue weighted by molar-refractivity contribution is 8.00. The lowest BCUT2D eigenvalue weighted by Crippen LogP contribution is -2.44. The zero-order chi connectivity index (χ0) is 19.1. The summed E-state index contributed by atoms with van der Waals surface area (Å²) in [7, 11) is -1.30. The number of rotatable bonds is 4. The summed E-state index contributed by atoms with van der Waals surface area (Å²) in [5, 5.41) is 2.75. The standard InChI is InChI=1S/C17H25N3O4SSi/c1-17(2,3)14(24-26(4)5)10-8-20(16(22)23-10)12-7-6-11-15(18-12)19-13(21)9-25-11/h6-7,10,14,26H,8-9H2,1-5H3,(H,18,19,21)/t10-,14?/m1/s1. The Bertz CT molecular complexity index is 722. The number of thioether (sulfide) groups is 1. The quantitative estimate of drug-likeness (QED) is 0.790. The van der Waals surface area contributed by atoms with Crippen LogP contribution in [-0.4, -0.2) is 50.5 Å². The molecule has 1 fully saturated rings. The average Bonchev–Trinajstić information content (AvgIpc) is 2.92. The van der Waals surface area contributed by atoms with Crippen LogP contribution >= 0.6 is 11.8 Å². The molecule has 9 heteroatoms. The third-order valence-electron chi connectivity index (χ3n) is 4.18. The van der Waals surface area contributed by atoms with Crippen molar-refractivity contribution in [3.63, 3.8) is 0 Å². The highest BCUT2D eigenvalue weighted by atomic mass is 32.2. The van der Waals surface area contributed by atoms with E-state index in [1.807, 2.05) is 6.07 Å². The molecule has 1 saturated heterocycles. The number of nitrogens with one attached hydrogen (secondary N) is 1. The number of carbonyl (C=O) groups excluding carboxylic acids is 2. The molecule has 0 aliphatic carbocycles. The van der Waals surface area contributed by atoms with Crippen molar-refractivity contribution < 1.29 is 18.8 Å². The van der Waals surface area contributed by atoms with Crippen molar-refractivity contribution >= 4 is 44.4 Å². The summed E-state index contributed by atoms with van der Waals surface area (Å²) in [5.74, 6) is 1.27. The number of nitrogens with zero attached hydrogens (tertiary/aromatic N) is 2. The van der Waals surface area contributed by atoms with Gasteiger partial charge in [0.05, 0.1) is 23.3 Å². The van der Waals surface area contributed by atoms with Gasteiger partial charge in [-0.1, -0.05) is 20.8 Å². The van der Waals surface area contributed by atoms with Gasteiger partial charge in [0, 0.05) is 0 Å². The molecule has 0 radical (unpaired) electrons. The lowest BCUT2D eigenvalue weighted by Gasteiger charge is -2.35. The van der Waals surface area contributed by atoms with Crippen molar-refractivity contribution in [1.29, 1.82) is 0 Å². The molecule has 3 rings (SSSR count). The molecular formula is C17H25N3O4SSi. The molecular weight excluding hydrogens is 370 g/mol. The van der Waals surface area contributed by atoms with E-state index in [2.05, 4.69) is 44.2 Å². The largest absolute Gasteiger partial charge is 0.441 e. The van der Waals surface area contributed by atoms with E-state index in [-0.39, 0.29) is 23.5 Å². The van der Waals surface area contributed by atoms with Gasteiger partial charge >= 0.3 is 6.09 Å². The van der Waals surface area contributed by atoms with E-state index in [1.165, 1.54) is 16.7 Å². The minimum absolute atomic E-state index is 0.0860. The van der Waals surface area contributed by atoms with Gasteiger partial charge in [0.15, 0.2) is 9.04 Å². The summed E-state index contributed by atoms with van der Waals surface area (Å²) in [6, 6.07) is 3.66. The molecule has 2 atom stereocenters. The van der Waals surface area contributed by atoms with Crippen LogP contribution in [0.4, 0.5) is 16.4 Å². The Morgan fingerprint density at radius 2 is 2.12 bits per heavy atom. The fraction of sp³-hybridized carbons (Fsp3) is 0.588. The first-order chi connectivity index (χ1) is 12.1. The van der Waals surface area contributed by atoms with Gasteiger partial charge in [0.25, 0.3) is 0 Å². The molecule has 142 valence electrons. The normalized spacial score (nSPS) is 21.5. The maximum Gasteiger partial charge on any atom is 0.416 e. The van der Waals surface area contributed by atoms with Gasteiger partial charge in [0.1, 0.15) is 17.7 Å². The van der Waals surface area contributed by atoms with E-state index in [4.69, 9.17) is 9.16 Å². The minimum Gasteiger partial charge on any atom is -0.441 e. The van der Waals surface area contributed by atoms with E-state index >= 15 is 0 Å². The van der Waals surface area contributed by atoms with Crippen LogP contribution in [0.25, 0.3) is 0 Å². The highest BCUT2D eigenvalue weighted by Crippen LogP contribution is 2.35. The van der Waals surface area contributed by atoms with Gasteiger partial charge in [-0.15, -0.1) is 11.8 Å². The summed E-state index contributed by atoms with van der Waals surface area (Å²) < 4.78 is 11.8. The number of pyridine rings is 1. The maximum absolute atomic E-state index is 12.5. The van der Waals surface area contributed by atoms with Gasteiger partial charge < -0.3 is 14.5 Å². The third kappa shape index (κ3) is 4.05. The minimum atomic E-state index is -1.30. The molecule has 1 aromatic heterocycles. The Morgan fingerprint density at radius 1 is 1.38 bits per heavy atom. The summed E-state index contributed by atoms with van der Waals surface area (Å²) in [5.41, 5.74) is -0.147. The number of amides is 2. The SMILES string of the molecule is C[SiH](C)OC([C@H]1CN(c2ccc3c(n2)NC(=O)CS3)C(=O)O1)C(C)(C)C. The van der Waals surface area contributed by atoms with E-state index in [0.717, 1.165) is 4.90 Å². The van der Waals surface area contributed by atoms with Crippen molar-refractivity contribution in [3.8, 4) is 0 Å². The summed E-state index contributed by atoms with van der Waals surface area (Å²) in [6.45, 7) is 10.9. The molecule has 3 heterocycles. The number of hydrogen-bond donors (Lipinski definition) is 1. The molecule has 1 unspecified atom stereocenters. The molecule has 26 heavy (non-hydrogen) atoms. The Morgan fingerprint density at radius 3 is 2.77 bits per heavy atom. The van der Waals surface area contributed by atoms with Crippen LogP contribution in [-0.2, 0) is 14.0 Å². The Hall–Kier alpha value is -1.58. The molecule has 2 aliphatic rings. The molecule has 7 nitrogen and oxygen atoms in total. The first-order valence-electron chi connectivity index (χ1n) is 8.72. The highest BCUT2D eigenvalue weighted by Gasteiger charge is 2.43. The van der Waals surface area contributed by atoms with Crippen LogP contribution in [0.2, 0.25) is 13.1 Å². The van der Waals surface area contributed by atoms with Gasteiger partial charge in [-0.3, -0.25) is 9.69 Å². The molecule has 1 aromatic rings. The van der Waals surface area contributed by atoms with Crippen LogP contribution in [0.3, 0.4) is 0 Å². The van der Waals surface area contributed by atoms with Crippen LogP contribution in [0, 0.1) is 5.41 Å². The number of anilines is 2.